The monoisotopic (exact) mass is 235 g/mol. The van der Waals surface area contributed by atoms with E-state index in [1.54, 1.807) is 17.1 Å². The van der Waals surface area contributed by atoms with E-state index in [-0.39, 0.29) is 0 Å². The Morgan fingerprint density at radius 2 is 2.18 bits per heavy atom. The van der Waals surface area contributed by atoms with Crippen LogP contribution in [-0.4, -0.2) is 54.1 Å². The third-order valence-electron chi connectivity index (χ3n) is 2.32. The Morgan fingerprint density at radius 3 is 2.76 bits per heavy atom. The summed E-state index contributed by atoms with van der Waals surface area (Å²) in [5, 5.41) is 19.5. The molecule has 0 radical (unpaired) electrons. The van der Waals surface area contributed by atoms with Crippen LogP contribution in [0.1, 0.15) is 0 Å². The number of pyridine rings is 1. The van der Waals surface area contributed by atoms with Crippen molar-refractivity contribution in [1.82, 2.24) is 15.0 Å². The van der Waals surface area contributed by atoms with Gasteiger partial charge in [0.1, 0.15) is 5.10 Å². The second kappa shape index (κ2) is 4.00. The van der Waals surface area contributed by atoms with Crippen molar-refractivity contribution in [1.29, 1.82) is 0 Å². The molecular formula is C10H15N6O+. The minimum absolute atomic E-state index is 0.314. The number of aromatic nitrogens is 4. The van der Waals surface area contributed by atoms with Crippen molar-refractivity contribution in [2.75, 3.05) is 33.1 Å². The molecule has 17 heavy (non-hydrogen) atoms. The van der Waals surface area contributed by atoms with Crippen LogP contribution in [0.2, 0.25) is 0 Å². The van der Waals surface area contributed by atoms with Gasteiger partial charge in [0.25, 0.3) is 11.9 Å². The third-order valence-corrected chi connectivity index (χ3v) is 2.32. The summed E-state index contributed by atoms with van der Waals surface area (Å²) in [4.78, 5) is 1.92. The zero-order chi connectivity index (χ0) is 12.6. The minimum Gasteiger partial charge on any atom is -0.710 e. The van der Waals surface area contributed by atoms with E-state index in [0.29, 0.717) is 11.2 Å². The maximum absolute atomic E-state index is 11.6. The molecule has 0 bridgehead atoms. The fourth-order valence-corrected chi connectivity index (χ4v) is 1.61. The normalized spacial score (nSPS) is 10.6. The fourth-order valence-electron chi connectivity index (χ4n) is 1.61. The Bertz CT molecular complexity index is 582. The van der Waals surface area contributed by atoms with Crippen molar-refractivity contribution in [2.45, 2.75) is 0 Å². The first-order valence-electron chi connectivity index (χ1n) is 5.16. The summed E-state index contributed by atoms with van der Waals surface area (Å²) in [5.74, 6) is 0. The van der Waals surface area contributed by atoms with Gasteiger partial charge < -0.3 is 10.1 Å². The molecule has 0 aliphatic heterocycles. The lowest BCUT2D eigenvalue weighted by atomic mass is 10.3. The van der Waals surface area contributed by atoms with E-state index in [2.05, 4.69) is 10.3 Å². The summed E-state index contributed by atoms with van der Waals surface area (Å²) in [6, 6.07) is 1.75. The molecule has 7 heteroatoms. The molecule has 2 rings (SSSR count). The van der Waals surface area contributed by atoms with Gasteiger partial charge >= 0.3 is 5.65 Å². The molecule has 0 unspecified atom stereocenters. The van der Waals surface area contributed by atoms with Crippen LogP contribution >= 0.6 is 0 Å². The molecule has 0 N–H and O–H groups in total. The van der Waals surface area contributed by atoms with Gasteiger partial charge in [0, 0.05) is 20.2 Å². The van der Waals surface area contributed by atoms with Gasteiger partial charge in [0.2, 0.25) is 0 Å². The Hall–Kier alpha value is -2.18. The number of hydrogen-bond acceptors (Lipinski definition) is 4. The predicted molar refractivity (Wildman–Crippen MR) is 64.4 cm³/mol. The van der Waals surface area contributed by atoms with Gasteiger partial charge in [-0.15, -0.1) is 0 Å². The first-order valence-corrected chi connectivity index (χ1v) is 5.16. The van der Waals surface area contributed by atoms with Crippen molar-refractivity contribution in [3.63, 3.8) is 0 Å². The number of nitrogens with zero attached hydrogens (tertiary/aromatic N) is 6. The zero-order valence-corrected chi connectivity index (χ0v) is 10.3. The Labute approximate surface area is 98.8 Å². The van der Waals surface area contributed by atoms with Crippen molar-refractivity contribution >= 4 is 23.2 Å². The molecule has 0 amide bonds. The van der Waals surface area contributed by atoms with E-state index in [4.69, 9.17) is 0 Å². The predicted octanol–water partition coefficient (Wildman–Crippen LogP) is -0.721. The lowest BCUT2D eigenvalue weighted by Crippen LogP contribution is -2.28. The standard InChI is InChI=1S/C10H15N6O/c1-13(2)7-15-9-8(14(3)4)5-6-16(17)10(9)11-12-15/h5-7H,1-4H3/q+1. The van der Waals surface area contributed by atoms with Crippen molar-refractivity contribution in [2.24, 2.45) is 0 Å². The highest BCUT2D eigenvalue weighted by Gasteiger charge is 2.24. The van der Waals surface area contributed by atoms with Gasteiger partial charge in [-0.1, -0.05) is 4.68 Å². The lowest BCUT2D eigenvalue weighted by Gasteiger charge is -2.11. The van der Waals surface area contributed by atoms with Crippen LogP contribution in [0.4, 0.5) is 5.69 Å². The van der Waals surface area contributed by atoms with Gasteiger partial charge in [-0.05, 0) is 0 Å². The average molecular weight is 235 g/mol. The van der Waals surface area contributed by atoms with E-state index in [9.17, 15) is 5.21 Å². The number of rotatable bonds is 2. The largest absolute Gasteiger partial charge is 0.710 e. The molecule has 0 spiro atoms. The smallest absolute Gasteiger partial charge is 0.409 e. The highest BCUT2D eigenvalue weighted by atomic mass is 16.5. The molecule has 7 nitrogen and oxygen atoms in total. The molecular weight excluding hydrogens is 220 g/mol. The van der Waals surface area contributed by atoms with Crippen LogP contribution in [0.3, 0.4) is 0 Å². The highest BCUT2D eigenvalue weighted by molar-refractivity contribution is 5.87. The molecule has 2 aromatic rings. The van der Waals surface area contributed by atoms with Gasteiger partial charge in [-0.25, -0.2) is 4.73 Å². The van der Waals surface area contributed by atoms with Crippen LogP contribution in [0.25, 0.3) is 11.2 Å². The Kier molecular flexibility index (Phi) is 2.66. The van der Waals surface area contributed by atoms with Crippen LogP contribution in [0.5, 0.6) is 0 Å². The van der Waals surface area contributed by atoms with Crippen LogP contribution in [-0.2, 0) is 0 Å². The molecule has 0 aliphatic rings. The van der Waals surface area contributed by atoms with Gasteiger partial charge in [0.15, 0.2) is 5.21 Å². The number of anilines is 1. The van der Waals surface area contributed by atoms with E-state index in [1.165, 1.54) is 6.20 Å². The van der Waals surface area contributed by atoms with E-state index in [1.807, 2.05) is 37.7 Å². The molecule has 2 heterocycles. The SMILES string of the molecule is CN(C)c1cc[n+]([O-])c2nnn(C=[N+](C)C)c12. The molecule has 0 saturated heterocycles. The quantitative estimate of drug-likeness (QED) is 0.298. The van der Waals surface area contributed by atoms with Crippen molar-refractivity contribution < 1.29 is 9.31 Å². The van der Waals surface area contributed by atoms with Gasteiger partial charge in [0.05, 0.1) is 26.0 Å². The first-order chi connectivity index (χ1) is 8.00. The summed E-state index contributed by atoms with van der Waals surface area (Å²) in [6.07, 6.45) is 3.20. The highest BCUT2D eigenvalue weighted by Crippen LogP contribution is 2.19. The van der Waals surface area contributed by atoms with E-state index in [0.717, 1.165) is 10.4 Å². The molecule has 0 aliphatic carbocycles. The summed E-state index contributed by atoms with van der Waals surface area (Å²) in [6.45, 7) is 0. The number of hydrogen-bond donors (Lipinski definition) is 0. The third kappa shape index (κ3) is 1.91. The molecule has 2 aromatic heterocycles. The van der Waals surface area contributed by atoms with Crippen LogP contribution < -0.4 is 9.63 Å². The minimum atomic E-state index is 0.314. The first kappa shape index (κ1) is 11.3. The molecule has 90 valence electrons. The molecule has 0 saturated carbocycles. The number of fused-ring (bicyclic) bond motifs is 1. The molecule has 0 fully saturated rings. The van der Waals surface area contributed by atoms with Gasteiger partial charge in [-0.3, -0.25) is 4.58 Å². The summed E-state index contributed by atoms with van der Waals surface area (Å²) >= 11 is 0. The van der Waals surface area contributed by atoms with Crippen LogP contribution in [0, 0.1) is 5.21 Å². The average Bonchev–Trinajstić information content (AvgIpc) is 2.62. The fraction of sp³-hybridized carbons (Fsp3) is 0.400. The topological polar surface area (TPSA) is 63.9 Å². The second-order valence-corrected chi connectivity index (χ2v) is 4.21. The lowest BCUT2D eigenvalue weighted by molar-refractivity contribution is -0.579. The Balaban J connectivity index is 2.80. The maximum Gasteiger partial charge on any atom is 0.409 e. The molecule has 0 aromatic carbocycles. The van der Waals surface area contributed by atoms with Crippen molar-refractivity contribution in [3.8, 4) is 0 Å². The summed E-state index contributed by atoms with van der Waals surface area (Å²) in [5.41, 5.74) is 1.91. The van der Waals surface area contributed by atoms with E-state index >= 15 is 0 Å². The molecule has 0 atom stereocenters. The van der Waals surface area contributed by atoms with Crippen molar-refractivity contribution in [3.05, 3.63) is 17.5 Å². The second-order valence-electron chi connectivity index (χ2n) is 4.21. The maximum atomic E-state index is 11.6. The summed E-state index contributed by atoms with van der Waals surface area (Å²) in [7, 11) is 7.60. The van der Waals surface area contributed by atoms with Gasteiger partial charge in [-0.2, -0.15) is 0 Å². The Morgan fingerprint density at radius 1 is 1.47 bits per heavy atom. The zero-order valence-electron chi connectivity index (χ0n) is 10.3. The summed E-state index contributed by atoms with van der Waals surface area (Å²) < 4.78 is 4.16. The van der Waals surface area contributed by atoms with Crippen LogP contribution in [0.15, 0.2) is 12.3 Å². The van der Waals surface area contributed by atoms with E-state index < -0.39 is 0 Å².